The number of nitrogens with one attached hydrogen (secondary N) is 1. The van der Waals surface area contributed by atoms with Crippen molar-refractivity contribution in [2.75, 3.05) is 0 Å². The van der Waals surface area contributed by atoms with Crippen molar-refractivity contribution in [2.45, 2.75) is 26.8 Å². The molecule has 0 aliphatic carbocycles. The van der Waals surface area contributed by atoms with Crippen molar-refractivity contribution in [3.8, 4) is 0 Å². The summed E-state index contributed by atoms with van der Waals surface area (Å²) in [5, 5.41) is 9.31. The Morgan fingerprint density at radius 3 is 2.46 bits per heavy atom. The molecule has 7 nitrogen and oxygen atoms in total. The van der Waals surface area contributed by atoms with E-state index in [-0.39, 0.29) is 17.3 Å². The largest absolute Gasteiger partial charge is 0.292 e. The number of hydrazone groups is 1. The first-order valence-electron chi connectivity index (χ1n) is 8.26. The zero-order valence-corrected chi connectivity index (χ0v) is 14.8. The number of rotatable bonds is 4. The van der Waals surface area contributed by atoms with Crippen LogP contribution in [-0.4, -0.2) is 26.4 Å². The van der Waals surface area contributed by atoms with Crippen LogP contribution in [0.15, 0.2) is 58.6 Å². The third-order valence-electron chi connectivity index (χ3n) is 3.89. The molecule has 0 saturated carbocycles. The van der Waals surface area contributed by atoms with Crippen LogP contribution in [0, 0.1) is 0 Å². The zero-order valence-electron chi connectivity index (χ0n) is 14.8. The average molecular weight is 349 g/mol. The molecule has 3 rings (SSSR count). The molecule has 1 N–H and O–H groups in total. The van der Waals surface area contributed by atoms with Crippen molar-refractivity contribution in [3.05, 3.63) is 70.4 Å². The summed E-state index contributed by atoms with van der Waals surface area (Å²) in [4.78, 5) is 29.4. The Morgan fingerprint density at radius 2 is 1.81 bits per heavy atom. The summed E-state index contributed by atoms with van der Waals surface area (Å²) in [5.74, 6) is -0.481. The lowest BCUT2D eigenvalue weighted by molar-refractivity contribution is 0.0949. The first-order chi connectivity index (χ1) is 12.5. The van der Waals surface area contributed by atoms with Crippen LogP contribution in [0.5, 0.6) is 0 Å². The Hall–Kier alpha value is -3.35. The highest BCUT2D eigenvalue weighted by molar-refractivity contribution is 6.05. The minimum Gasteiger partial charge on any atom is -0.267 e. The van der Waals surface area contributed by atoms with Gasteiger partial charge in [0.25, 0.3) is 11.5 Å². The van der Waals surface area contributed by atoms with Crippen LogP contribution >= 0.6 is 0 Å². The highest BCUT2D eigenvalue weighted by atomic mass is 16.2. The van der Waals surface area contributed by atoms with Gasteiger partial charge in [-0.25, -0.2) is 10.1 Å². The molecule has 3 aromatic rings. The van der Waals surface area contributed by atoms with Crippen LogP contribution in [0.2, 0.25) is 0 Å². The van der Waals surface area contributed by atoms with Crippen LogP contribution in [0.1, 0.15) is 43.0 Å². The molecule has 1 aromatic carbocycles. The molecule has 0 saturated heterocycles. The van der Waals surface area contributed by atoms with Gasteiger partial charge in [0.15, 0.2) is 5.69 Å². The molecular formula is C19H19N5O2. The summed E-state index contributed by atoms with van der Waals surface area (Å²) in [5.41, 5.74) is 3.68. The lowest BCUT2D eigenvalue weighted by Crippen LogP contribution is -2.30. The minimum atomic E-state index is -0.481. The number of amides is 1. The molecule has 0 spiro atoms. The highest BCUT2D eigenvalue weighted by Gasteiger charge is 2.17. The molecule has 0 radical (unpaired) electrons. The number of hydrogen-bond donors (Lipinski definition) is 1. The predicted octanol–water partition coefficient (Wildman–Crippen LogP) is 2.53. The fourth-order valence-corrected chi connectivity index (χ4v) is 2.55. The van der Waals surface area contributed by atoms with Crippen LogP contribution in [-0.2, 0) is 0 Å². The van der Waals surface area contributed by atoms with Gasteiger partial charge in [0.2, 0.25) is 0 Å². The molecule has 0 fully saturated rings. The third kappa shape index (κ3) is 3.37. The van der Waals surface area contributed by atoms with Gasteiger partial charge in [0.05, 0.1) is 22.8 Å². The number of aromatic nitrogens is 3. The smallest absolute Gasteiger partial charge is 0.267 e. The Labute approximate surface area is 150 Å². The number of fused-ring (bicyclic) bond motifs is 1. The van der Waals surface area contributed by atoms with E-state index in [2.05, 4.69) is 20.6 Å². The molecule has 2 heterocycles. The van der Waals surface area contributed by atoms with Gasteiger partial charge < -0.3 is 0 Å². The molecule has 0 atom stereocenters. The van der Waals surface area contributed by atoms with Gasteiger partial charge in [-0.15, -0.1) is 0 Å². The van der Waals surface area contributed by atoms with Crippen molar-refractivity contribution < 1.29 is 4.79 Å². The van der Waals surface area contributed by atoms with E-state index in [1.54, 1.807) is 49.5 Å². The number of carbonyl (C=O) groups is 1. The Balaban J connectivity index is 2.01. The van der Waals surface area contributed by atoms with E-state index in [0.29, 0.717) is 22.2 Å². The first-order valence-corrected chi connectivity index (χ1v) is 8.26. The molecular weight excluding hydrogens is 330 g/mol. The quantitative estimate of drug-likeness (QED) is 0.579. The molecule has 2 aromatic heterocycles. The monoisotopic (exact) mass is 349 g/mol. The highest BCUT2D eigenvalue weighted by Crippen LogP contribution is 2.14. The Morgan fingerprint density at radius 1 is 1.12 bits per heavy atom. The van der Waals surface area contributed by atoms with Gasteiger partial charge in [0.1, 0.15) is 0 Å². The maximum absolute atomic E-state index is 12.7. The molecule has 7 heteroatoms. The molecule has 0 bridgehead atoms. The van der Waals surface area contributed by atoms with Crippen molar-refractivity contribution in [2.24, 2.45) is 5.10 Å². The van der Waals surface area contributed by atoms with E-state index in [4.69, 9.17) is 0 Å². The van der Waals surface area contributed by atoms with Crippen molar-refractivity contribution in [1.29, 1.82) is 0 Å². The van der Waals surface area contributed by atoms with Gasteiger partial charge in [-0.05, 0) is 39.0 Å². The van der Waals surface area contributed by atoms with Gasteiger partial charge in [-0.2, -0.15) is 10.2 Å². The molecule has 132 valence electrons. The number of benzene rings is 1. The minimum absolute atomic E-state index is 0.159. The van der Waals surface area contributed by atoms with E-state index in [1.165, 1.54) is 4.68 Å². The Kier molecular flexibility index (Phi) is 4.88. The summed E-state index contributed by atoms with van der Waals surface area (Å²) in [7, 11) is 0. The van der Waals surface area contributed by atoms with Crippen LogP contribution in [0.3, 0.4) is 0 Å². The van der Waals surface area contributed by atoms with Crippen LogP contribution in [0.4, 0.5) is 0 Å². The van der Waals surface area contributed by atoms with E-state index < -0.39 is 5.91 Å². The summed E-state index contributed by atoms with van der Waals surface area (Å²) in [6, 6.07) is 12.2. The van der Waals surface area contributed by atoms with Crippen molar-refractivity contribution >= 4 is 22.4 Å². The third-order valence-corrected chi connectivity index (χ3v) is 3.89. The number of nitrogens with zero attached hydrogens (tertiary/aromatic N) is 4. The average Bonchev–Trinajstić information content (AvgIpc) is 2.66. The number of pyridine rings is 1. The number of carbonyl (C=O) groups excluding carboxylic acids is 1. The SMILES string of the molecule is C/C(=N\NC(=O)c1nn(C(C)C)c(=O)c2ccccc12)c1ccccn1. The fourth-order valence-electron chi connectivity index (χ4n) is 2.55. The fraction of sp³-hybridized carbons (Fsp3) is 0.211. The van der Waals surface area contributed by atoms with E-state index in [9.17, 15) is 9.59 Å². The predicted molar refractivity (Wildman–Crippen MR) is 100 cm³/mol. The lowest BCUT2D eigenvalue weighted by atomic mass is 10.1. The number of hydrogen-bond acceptors (Lipinski definition) is 5. The summed E-state index contributed by atoms with van der Waals surface area (Å²) in [6.45, 7) is 5.44. The van der Waals surface area contributed by atoms with Crippen LogP contribution in [0.25, 0.3) is 10.8 Å². The van der Waals surface area contributed by atoms with E-state index >= 15 is 0 Å². The van der Waals surface area contributed by atoms with Crippen molar-refractivity contribution in [1.82, 2.24) is 20.2 Å². The molecule has 0 unspecified atom stereocenters. The van der Waals surface area contributed by atoms with Gasteiger partial charge in [0, 0.05) is 11.6 Å². The normalized spacial score (nSPS) is 11.8. The van der Waals surface area contributed by atoms with Crippen molar-refractivity contribution in [3.63, 3.8) is 0 Å². The molecule has 1 amide bonds. The lowest BCUT2D eigenvalue weighted by Gasteiger charge is -2.12. The second-order valence-corrected chi connectivity index (χ2v) is 6.09. The summed E-state index contributed by atoms with van der Waals surface area (Å²) < 4.78 is 1.31. The molecule has 0 aliphatic rings. The summed E-state index contributed by atoms with van der Waals surface area (Å²) in [6.07, 6.45) is 1.66. The maximum Gasteiger partial charge on any atom is 0.292 e. The standard InChI is InChI=1S/C19H19N5O2/c1-12(2)24-19(26)15-9-5-4-8-14(15)17(23-24)18(25)22-21-13(3)16-10-6-7-11-20-16/h4-12H,1-3H3,(H,22,25)/b21-13+. The molecule has 0 aliphatic heterocycles. The van der Waals surface area contributed by atoms with E-state index in [0.717, 1.165) is 0 Å². The summed E-state index contributed by atoms with van der Waals surface area (Å²) >= 11 is 0. The first kappa shape index (κ1) is 17.5. The zero-order chi connectivity index (χ0) is 18.7. The van der Waals surface area contributed by atoms with Gasteiger partial charge in [-0.3, -0.25) is 14.6 Å². The topological polar surface area (TPSA) is 89.2 Å². The second-order valence-electron chi connectivity index (χ2n) is 6.09. The Bertz CT molecular complexity index is 1040. The van der Waals surface area contributed by atoms with Gasteiger partial charge >= 0.3 is 0 Å². The maximum atomic E-state index is 12.7. The molecule has 26 heavy (non-hydrogen) atoms. The van der Waals surface area contributed by atoms with Gasteiger partial charge in [-0.1, -0.05) is 24.3 Å². The van der Waals surface area contributed by atoms with Crippen LogP contribution < -0.4 is 11.0 Å². The second kappa shape index (κ2) is 7.26. The van der Waals surface area contributed by atoms with E-state index in [1.807, 2.05) is 19.9 Å².